The quantitative estimate of drug-likeness (QED) is 0.865. The number of aromatic carboxylic acids is 1. The number of benzene rings is 1. The maximum absolute atomic E-state index is 11.5. The van der Waals surface area contributed by atoms with Crippen LogP contribution in [0.25, 0.3) is 0 Å². The summed E-state index contributed by atoms with van der Waals surface area (Å²) in [7, 11) is 1.40. The second-order valence-corrected chi connectivity index (χ2v) is 3.77. The molecule has 0 radical (unpaired) electrons. The first-order chi connectivity index (χ1) is 7.95. The molecule has 0 saturated heterocycles. The fourth-order valence-electron chi connectivity index (χ4n) is 1.10. The van der Waals surface area contributed by atoms with E-state index in [9.17, 15) is 9.59 Å². The number of carbonyl (C=O) groups excluding carboxylic acids is 1. The molecule has 0 heterocycles. The number of hydrogen-bond acceptors (Lipinski definition) is 3. The Kier molecular flexibility index (Phi) is 4.48. The number of halogens is 1. The lowest BCUT2D eigenvalue weighted by Crippen LogP contribution is -2.26. The molecule has 0 aromatic heterocycles. The van der Waals surface area contributed by atoms with E-state index in [1.807, 2.05) is 0 Å². The van der Waals surface area contributed by atoms with Crippen LogP contribution < -0.4 is 5.32 Å². The third kappa shape index (κ3) is 3.44. The van der Waals surface area contributed by atoms with Crippen molar-refractivity contribution in [2.75, 3.05) is 12.4 Å². The number of carboxylic acid groups (broad SMARTS) is 1. The average Bonchev–Trinajstić information content (AvgIpc) is 2.30. The van der Waals surface area contributed by atoms with Crippen LogP contribution in [0, 0.1) is 0 Å². The summed E-state index contributed by atoms with van der Waals surface area (Å²) in [6.45, 7) is 1.57. The Labute approximate surface area is 103 Å². The van der Waals surface area contributed by atoms with Crippen LogP contribution in [-0.2, 0) is 9.53 Å². The summed E-state index contributed by atoms with van der Waals surface area (Å²) in [5.41, 5.74) is 0.301. The number of hydrogen-bond donors (Lipinski definition) is 2. The van der Waals surface area contributed by atoms with Gasteiger partial charge in [0.25, 0.3) is 5.91 Å². The molecule has 0 aliphatic carbocycles. The molecule has 1 atom stereocenters. The lowest BCUT2D eigenvalue weighted by atomic mass is 10.2. The molecule has 1 amide bonds. The third-order valence-electron chi connectivity index (χ3n) is 2.19. The highest BCUT2D eigenvalue weighted by Crippen LogP contribution is 2.23. The normalized spacial score (nSPS) is 11.9. The molecule has 1 aromatic carbocycles. The largest absolute Gasteiger partial charge is 0.478 e. The van der Waals surface area contributed by atoms with E-state index in [-0.39, 0.29) is 16.3 Å². The number of anilines is 1. The van der Waals surface area contributed by atoms with Gasteiger partial charge in [-0.05, 0) is 25.1 Å². The predicted molar refractivity (Wildman–Crippen MR) is 63.5 cm³/mol. The van der Waals surface area contributed by atoms with Gasteiger partial charge in [-0.3, -0.25) is 4.79 Å². The Hall–Kier alpha value is -1.59. The molecule has 0 spiro atoms. The minimum atomic E-state index is -1.09. The summed E-state index contributed by atoms with van der Waals surface area (Å²) in [6, 6.07) is 4.07. The van der Waals surface area contributed by atoms with Crippen LogP contribution >= 0.6 is 11.6 Å². The molecular weight excluding hydrogens is 246 g/mol. The standard InChI is InChI=1S/C11H12ClNO4/c1-6(17-2)10(14)13-9-5-7(11(15)16)3-4-8(9)12/h3-6H,1-2H3,(H,13,14)(H,15,16). The first-order valence-electron chi connectivity index (χ1n) is 4.82. The fourth-order valence-corrected chi connectivity index (χ4v) is 1.26. The van der Waals surface area contributed by atoms with Gasteiger partial charge in [-0.15, -0.1) is 0 Å². The zero-order valence-corrected chi connectivity index (χ0v) is 10.1. The molecule has 1 unspecified atom stereocenters. The number of nitrogens with one attached hydrogen (secondary N) is 1. The minimum absolute atomic E-state index is 0.0507. The second-order valence-electron chi connectivity index (χ2n) is 3.37. The van der Waals surface area contributed by atoms with Crippen LogP contribution in [0.4, 0.5) is 5.69 Å². The Morgan fingerprint density at radius 1 is 1.47 bits per heavy atom. The fraction of sp³-hybridized carbons (Fsp3) is 0.273. The zero-order chi connectivity index (χ0) is 13.0. The molecule has 5 nitrogen and oxygen atoms in total. The summed E-state index contributed by atoms with van der Waals surface area (Å²) in [4.78, 5) is 22.3. The lowest BCUT2D eigenvalue weighted by Gasteiger charge is -2.12. The molecule has 2 N–H and O–H groups in total. The first kappa shape index (κ1) is 13.5. The lowest BCUT2D eigenvalue weighted by molar-refractivity contribution is -0.124. The summed E-state index contributed by atoms with van der Waals surface area (Å²) < 4.78 is 4.83. The van der Waals surface area contributed by atoms with E-state index in [1.165, 1.54) is 25.3 Å². The second kappa shape index (κ2) is 5.65. The first-order valence-corrected chi connectivity index (χ1v) is 5.20. The van der Waals surface area contributed by atoms with Crippen molar-refractivity contribution < 1.29 is 19.4 Å². The van der Waals surface area contributed by atoms with Crippen molar-refractivity contribution in [2.45, 2.75) is 13.0 Å². The van der Waals surface area contributed by atoms with Gasteiger partial charge >= 0.3 is 5.97 Å². The molecule has 0 aliphatic heterocycles. The Bertz CT molecular complexity index is 447. The molecular formula is C11H12ClNO4. The number of carboxylic acids is 1. The average molecular weight is 258 g/mol. The van der Waals surface area contributed by atoms with Crippen molar-refractivity contribution in [1.29, 1.82) is 0 Å². The van der Waals surface area contributed by atoms with Crippen molar-refractivity contribution in [2.24, 2.45) is 0 Å². The number of methoxy groups -OCH3 is 1. The molecule has 6 heteroatoms. The Morgan fingerprint density at radius 3 is 2.65 bits per heavy atom. The van der Waals surface area contributed by atoms with Crippen molar-refractivity contribution in [3.05, 3.63) is 28.8 Å². The number of ether oxygens (including phenoxy) is 1. The molecule has 17 heavy (non-hydrogen) atoms. The van der Waals surface area contributed by atoms with Gasteiger partial charge in [-0.1, -0.05) is 11.6 Å². The van der Waals surface area contributed by atoms with E-state index < -0.39 is 18.0 Å². The van der Waals surface area contributed by atoms with Gasteiger partial charge in [0.05, 0.1) is 16.3 Å². The van der Waals surface area contributed by atoms with E-state index in [0.717, 1.165) is 0 Å². The Balaban J connectivity index is 2.94. The molecule has 1 rings (SSSR count). The smallest absolute Gasteiger partial charge is 0.335 e. The van der Waals surface area contributed by atoms with Gasteiger partial charge in [-0.2, -0.15) is 0 Å². The summed E-state index contributed by atoms with van der Waals surface area (Å²) >= 11 is 5.84. The van der Waals surface area contributed by atoms with Crippen LogP contribution in [0.1, 0.15) is 17.3 Å². The Morgan fingerprint density at radius 2 is 2.12 bits per heavy atom. The van der Waals surface area contributed by atoms with Gasteiger partial charge in [0.2, 0.25) is 0 Å². The van der Waals surface area contributed by atoms with Crippen molar-refractivity contribution >= 4 is 29.2 Å². The number of rotatable bonds is 4. The highest BCUT2D eigenvalue weighted by atomic mass is 35.5. The van der Waals surface area contributed by atoms with E-state index >= 15 is 0 Å². The van der Waals surface area contributed by atoms with Crippen LogP contribution in [0.3, 0.4) is 0 Å². The van der Waals surface area contributed by atoms with Gasteiger partial charge in [0.1, 0.15) is 6.10 Å². The van der Waals surface area contributed by atoms with E-state index in [0.29, 0.717) is 0 Å². The van der Waals surface area contributed by atoms with Crippen LogP contribution in [0.15, 0.2) is 18.2 Å². The summed E-state index contributed by atoms with van der Waals surface area (Å²) in [5, 5.41) is 11.6. The maximum atomic E-state index is 11.5. The van der Waals surface area contributed by atoms with Crippen LogP contribution in [0.5, 0.6) is 0 Å². The van der Waals surface area contributed by atoms with Gasteiger partial charge in [0, 0.05) is 7.11 Å². The summed E-state index contributed by atoms with van der Waals surface area (Å²) in [6.07, 6.45) is -0.639. The van der Waals surface area contributed by atoms with Crippen LogP contribution in [0.2, 0.25) is 5.02 Å². The van der Waals surface area contributed by atoms with Crippen molar-refractivity contribution in [1.82, 2.24) is 0 Å². The third-order valence-corrected chi connectivity index (χ3v) is 2.52. The topological polar surface area (TPSA) is 75.6 Å². The predicted octanol–water partition coefficient (Wildman–Crippen LogP) is 2.01. The monoisotopic (exact) mass is 257 g/mol. The number of carbonyl (C=O) groups is 2. The molecule has 1 aromatic rings. The van der Waals surface area contributed by atoms with Gasteiger partial charge < -0.3 is 15.2 Å². The SMILES string of the molecule is COC(C)C(=O)Nc1cc(C(=O)O)ccc1Cl. The van der Waals surface area contributed by atoms with E-state index in [4.69, 9.17) is 21.4 Å². The minimum Gasteiger partial charge on any atom is -0.478 e. The molecule has 0 bridgehead atoms. The van der Waals surface area contributed by atoms with Crippen molar-refractivity contribution in [3.8, 4) is 0 Å². The van der Waals surface area contributed by atoms with E-state index in [2.05, 4.69) is 5.32 Å². The molecule has 92 valence electrons. The molecule has 0 fully saturated rings. The summed E-state index contributed by atoms with van der Waals surface area (Å²) in [5.74, 6) is -1.48. The van der Waals surface area contributed by atoms with Crippen molar-refractivity contribution in [3.63, 3.8) is 0 Å². The molecule has 0 aliphatic rings. The molecule has 0 saturated carbocycles. The number of amides is 1. The van der Waals surface area contributed by atoms with Gasteiger partial charge in [-0.25, -0.2) is 4.79 Å². The highest BCUT2D eigenvalue weighted by molar-refractivity contribution is 6.33. The highest BCUT2D eigenvalue weighted by Gasteiger charge is 2.14. The maximum Gasteiger partial charge on any atom is 0.335 e. The zero-order valence-electron chi connectivity index (χ0n) is 9.36. The van der Waals surface area contributed by atoms with E-state index in [1.54, 1.807) is 6.92 Å². The van der Waals surface area contributed by atoms with Crippen LogP contribution in [-0.4, -0.2) is 30.2 Å². The van der Waals surface area contributed by atoms with Gasteiger partial charge in [0.15, 0.2) is 0 Å².